The SMILES string of the molecule is N#Cc1sc(NC(=O)C2CCC(C(=O)O)CC2)nc1-c1ccccc1Cl. The van der Waals surface area contributed by atoms with E-state index in [2.05, 4.69) is 16.4 Å². The van der Waals surface area contributed by atoms with Gasteiger partial charge in [-0.2, -0.15) is 5.26 Å². The Bertz CT molecular complexity index is 882. The van der Waals surface area contributed by atoms with Crippen molar-refractivity contribution >= 4 is 39.9 Å². The van der Waals surface area contributed by atoms with Gasteiger partial charge in [0.2, 0.25) is 5.91 Å². The van der Waals surface area contributed by atoms with Crippen LogP contribution in [-0.2, 0) is 9.59 Å². The van der Waals surface area contributed by atoms with E-state index in [-0.39, 0.29) is 17.7 Å². The Morgan fingerprint density at radius 2 is 1.88 bits per heavy atom. The van der Waals surface area contributed by atoms with Crippen molar-refractivity contribution < 1.29 is 14.7 Å². The van der Waals surface area contributed by atoms with Crippen LogP contribution in [0.15, 0.2) is 24.3 Å². The predicted octanol–water partition coefficient (Wildman–Crippen LogP) is 4.16. The number of hydrogen-bond acceptors (Lipinski definition) is 5. The molecule has 1 heterocycles. The van der Waals surface area contributed by atoms with E-state index in [1.165, 1.54) is 0 Å². The van der Waals surface area contributed by atoms with Crippen molar-refractivity contribution in [1.82, 2.24) is 4.98 Å². The monoisotopic (exact) mass is 389 g/mol. The summed E-state index contributed by atoms with van der Waals surface area (Å²) in [6.07, 6.45) is 2.08. The van der Waals surface area contributed by atoms with Crippen LogP contribution in [0.5, 0.6) is 0 Å². The number of halogens is 1. The molecule has 0 aliphatic heterocycles. The molecule has 1 aromatic carbocycles. The lowest BCUT2D eigenvalue weighted by atomic mass is 9.81. The van der Waals surface area contributed by atoms with Gasteiger partial charge >= 0.3 is 5.97 Å². The van der Waals surface area contributed by atoms with Crippen molar-refractivity contribution in [2.24, 2.45) is 11.8 Å². The Kier molecular flexibility index (Phi) is 5.55. The van der Waals surface area contributed by atoms with Crippen molar-refractivity contribution in [2.75, 3.05) is 5.32 Å². The number of nitrogens with one attached hydrogen (secondary N) is 1. The van der Waals surface area contributed by atoms with Gasteiger partial charge in [0.05, 0.1) is 10.9 Å². The number of amides is 1. The first-order valence-electron chi connectivity index (χ1n) is 8.19. The third-order valence-corrected chi connectivity index (χ3v) is 5.74. The van der Waals surface area contributed by atoms with Crippen LogP contribution in [-0.4, -0.2) is 22.0 Å². The number of carbonyl (C=O) groups excluding carboxylic acids is 1. The van der Waals surface area contributed by atoms with Crippen molar-refractivity contribution in [1.29, 1.82) is 5.26 Å². The molecule has 2 N–H and O–H groups in total. The first-order valence-corrected chi connectivity index (χ1v) is 9.38. The molecule has 0 atom stereocenters. The van der Waals surface area contributed by atoms with Crippen LogP contribution >= 0.6 is 22.9 Å². The molecule has 0 spiro atoms. The van der Waals surface area contributed by atoms with Crippen molar-refractivity contribution in [3.63, 3.8) is 0 Å². The highest BCUT2D eigenvalue weighted by atomic mass is 35.5. The smallest absolute Gasteiger partial charge is 0.306 e. The van der Waals surface area contributed by atoms with Gasteiger partial charge in [-0.1, -0.05) is 41.1 Å². The van der Waals surface area contributed by atoms with Gasteiger partial charge in [0.15, 0.2) is 5.13 Å². The lowest BCUT2D eigenvalue weighted by Crippen LogP contribution is -2.29. The second-order valence-corrected chi connectivity index (χ2v) is 7.57. The first kappa shape index (κ1) is 18.4. The van der Waals surface area contributed by atoms with Crippen molar-refractivity contribution in [3.05, 3.63) is 34.2 Å². The Morgan fingerprint density at radius 3 is 2.50 bits per heavy atom. The highest BCUT2D eigenvalue weighted by Crippen LogP contribution is 2.35. The molecule has 1 amide bonds. The lowest BCUT2D eigenvalue weighted by molar-refractivity contribution is -0.143. The zero-order valence-electron chi connectivity index (χ0n) is 13.7. The van der Waals surface area contributed by atoms with Crippen LogP contribution in [0.3, 0.4) is 0 Å². The van der Waals surface area contributed by atoms with Crippen LogP contribution in [0.2, 0.25) is 5.02 Å². The van der Waals surface area contributed by atoms with Gasteiger partial charge in [-0.25, -0.2) is 4.98 Å². The number of aliphatic carboxylic acids is 1. The number of carbonyl (C=O) groups is 2. The topological polar surface area (TPSA) is 103 Å². The fraction of sp³-hybridized carbons (Fsp3) is 0.333. The average Bonchev–Trinajstić information content (AvgIpc) is 3.04. The molecule has 1 saturated carbocycles. The summed E-state index contributed by atoms with van der Waals surface area (Å²) >= 11 is 7.29. The minimum absolute atomic E-state index is 0.183. The van der Waals surface area contributed by atoms with E-state index in [1.807, 2.05) is 0 Å². The summed E-state index contributed by atoms with van der Waals surface area (Å²) < 4.78 is 0. The molecule has 2 aromatic rings. The highest BCUT2D eigenvalue weighted by Gasteiger charge is 2.30. The zero-order chi connectivity index (χ0) is 18.7. The molecule has 0 radical (unpaired) electrons. The van der Waals surface area contributed by atoms with Crippen LogP contribution in [0.4, 0.5) is 5.13 Å². The number of anilines is 1. The molecule has 6 nitrogen and oxygen atoms in total. The summed E-state index contributed by atoms with van der Waals surface area (Å²) in [6, 6.07) is 9.19. The second-order valence-electron chi connectivity index (χ2n) is 6.16. The summed E-state index contributed by atoms with van der Waals surface area (Å²) in [7, 11) is 0. The summed E-state index contributed by atoms with van der Waals surface area (Å²) in [5.41, 5.74) is 1.09. The molecule has 0 saturated heterocycles. The second kappa shape index (κ2) is 7.85. The minimum atomic E-state index is -0.799. The van der Waals surface area contributed by atoms with Gasteiger partial charge in [0, 0.05) is 11.5 Å². The molecule has 0 unspecified atom stereocenters. The lowest BCUT2D eigenvalue weighted by Gasteiger charge is -2.24. The number of hydrogen-bond donors (Lipinski definition) is 2. The van der Waals surface area contributed by atoms with E-state index in [4.69, 9.17) is 16.7 Å². The molecule has 8 heteroatoms. The van der Waals surface area contributed by atoms with Crippen molar-refractivity contribution in [2.45, 2.75) is 25.7 Å². The van der Waals surface area contributed by atoms with E-state index in [0.717, 1.165) is 11.3 Å². The summed E-state index contributed by atoms with van der Waals surface area (Å²) in [5, 5.41) is 22.0. The molecule has 1 aliphatic carbocycles. The first-order chi connectivity index (χ1) is 12.5. The minimum Gasteiger partial charge on any atom is -0.481 e. The summed E-state index contributed by atoms with van der Waals surface area (Å²) in [4.78, 5) is 28.2. The number of carboxylic acids is 1. The van der Waals surface area contributed by atoms with E-state index in [9.17, 15) is 14.9 Å². The molecule has 1 aromatic heterocycles. The Hall–Kier alpha value is -2.43. The van der Waals surface area contributed by atoms with E-state index < -0.39 is 5.97 Å². The molecular weight excluding hydrogens is 374 g/mol. The van der Waals surface area contributed by atoms with Crippen LogP contribution in [0, 0.1) is 23.2 Å². The third-order valence-electron chi connectivity index (χ3n) is 4.54. The number of rotatable bonds is 4. The molecule has 26 heavy (non-hydrogen) atoms. The Labute approximate surface area is 159 Å². The van der Waals surface area contributed by atoms with E-state index in [0.29, 0.717) is 52.0 Å². The molecule has 3 rings (SSSR count). The molecule has 1 aliphatic rings. The van der Waals surface area contributed by atoms with Gasteiger partial charge in [0.1, 0.15) is 16.6 Å². The Balaban J connectivity index is 1.73. The fourth-order valence-electron chi connectivity index (χ4n) is 3.10. The number of nitriles is 1. The quantitative estimate of drug-likeness (QED) is 0.816. The average molecular weight is 390 g/mol. The number of thiazole rings is 1. The predicted molar refractivity (Wildman–Crippen MR) is 99.0 cm³/mol. The maximum atomic E-state index is 12.5. The standard InChI is InChI=1S/C18H16ClN3O3S/c19-13-4-2-1-3-12(13)15-14(9-20)26-18(21-15)22-16(23)10-5-7-11(8-6-10)17(24)25/h1-4,10-11H,5-8H2,(H,24,25)(H,21,22,23). The normalized spacial score (nSPS) is 19.5. The fourth-order valence-corrected chi connectivity index (χ4v) is 4.10. The van der Waals surface area contributed by atoms with Gasteiger partial charge < -0.3 is 10.4 Å². The Morgan fingerprint density at radius 1 is 1.23 bits per heavy atom. The third kappa shape index (κ3) is 3.87. The largest absolute Gasteiger partial charge is 0.481 e. The van der Waals surface area contributed by atoms with Gasteiger partial charge in [0.25, 0.3) is 0 Å². The van der Waals surface area contributed by atoms with Crippen molar-refractivity contribution in [3.8, 4) is 17.3 Å². The number of aromatic nitrogens is 1. The molecule has 134 valence electrons. The van der Waals surface area contributed by atoms with Crippen LogP contribution < -0.4 is 5.32 Å². The van der Waals surface area contributed by atoms with Crippen LogP contribution in [0.25, 0.3) is 11.3 Å². The van der Waals surface area contributed by atoms with Gasteiger partial charge in [-0.15, -0.1) is 0 Å². The maximum Gasteiger partial charge on any atom is 0.306 e. The van der Waals surface area contributed by atoms with Crippen LogP contribution in [0.1, 0.15) is 30.6 Å². The molecule has 1 fully saturated rings. The molecule has 0 bridgehead atoms. The van der Waals surface area contributed by atoms with E-state index >= 15 is 0 Å². The zero-order valence-corrected chi connectivity index (χ0v) is 15.3. The molecular formula is C18H16ClN3O3S. The van der Waals surface area contributed by atoms with Gasteiger partial charge in [-0.3, -0.25) is 9.59 Å². The number of nitrogens with zero attached hydrogens (tertiary/aromatic N) is 2. The summed E-state index contributed by atoms with van der Waals surface area (Å²) in [6.45, 7) is 0. The maximum absolute atomic E-state index is 12.5. The van der Waals surface area contributed by atoms with Gasteiger partial charge in [-0.05, 0) is 31.7 Å². The number of benzene rings is 1. The number of carboxylic acid groups (broad SMARTS) is 1. The highest BCUT2D eigenvalue weighted by molar-refractivity contribution is 7.16. The summed E-state index contributed by atoms with van der Waals surface area (Å²) in [5.74, 6) is -1.58. The van der Waals surface area contributed by atoms with E-state index in [1.54, 1.807) is 24.3 Å².